The molecule has 4 nitrogen and oxygen atoms in total. The largest absolute Gasteiger partial charge is 0.308 e. The van der Waals surface area contributed by atoms with Crippen molar-refractivity contribution in [3.05, 3.63) is 21.5 Å². The Morgan fingerprint density at radius 3 is 3.00 bits per heavy atom. The van der Waals surface area contributed by atoms with Crippen LogP contribution in [0.25, 0.3) is 0 Å². The van der Waals surface area contributed by atoms with Gasteiger partial charge in [-0.05, 0) is 41.6 Å². The fourth-order valence-corrected chi connectivity index (χ4v) is 2.21. The van der Waals surface area contributed by atoms with Crippen molar-refractivity contribution in [2.75, 3.05) is 24.5 Å². The van der Waals surface area contributed by atoms with Crippen LogP contribution >= 0.6 is 22.6 Å². The molecular formula is C10H12IN3O. The van der Waals surface area contributed by atoms with E-state index in [1.165, 1.54) is 0 Å². The maximum atomic E-state index is 11.7. The second kappa shape index (κ2) is 4.44. The minimum atomic E-state index is 0.118. The smallest absolute Gasteiger partial charge is 0.241 e. The van der Waals surface area contributed by atoms with Crippen LogP contribution < -0.4 is 10.2 Å². The van der Waals surface area contributed by atoms with Gasteiger partial charge in [0, 0.05) is 13.1 Å². The van der Waals surface area contributed by atoms with E-state index in [4.69, 9.17) is 0 Å². The summed E-state index contributed by atoms with van der Waals surface area (Å²) in [6, 6.07) is 3.89. The van der Waals surface area contributed by atoms with Gasteiger partial charge in [-0.3, -0.25) is 4.79 Å². The predicted octanol–water partition coefficient (Wildman–Crippen LogP) is 0.931. The predicted molar refractivity (Wildman–Crippen MR) is 66.9 cm³/mol. The third-order valence-electron chi connectivity index (χ3n) is 2.40. The number of nitrogens with zero attached hydrogens (tertiary/aromatic N) is 2. The molecular weight excluding hydrogens is 305 g/mol. The Labute approximate surface area is 102 Å². The minimum absolute atomic E-state index is 0.118. The molecule has 2 rings (SSSR count). The molecule has 0 saturated carbocycles. The van der Waals surface area contributed by atoms with Gasteiger partial charge in [0.15, 0.2) is 0 Å². The van der Waals surface area contributed by atoms with E-state index in [0.717, 1.165) is 28.2 Å². The first-order chi connectivity index (χ1) is 7.18. The quantitative estimate of drug-likeness (QED) is 0.619. The van der Waals surface area contributed by atoms with E-state index in [1.807, 2.05) is 19.1 Å². The van der Waals surface area contributed by atoms with Crippen LogP contribution in [0.3, 0.4) is 0 Å². The third kappa shape index (κ3) is 2.28. The normalized spacial score (nSPS) is 16.9. The molecule has 5 heteroatoms. The van der Waals surface area contributed by atoms with Crippen molar-refractivity contribution < 1.29 is 4.79 Å². The molecule has 1 aromatic rings. The van der Waals surface area contributed by atoms with Gasteiger partial charge in [0.2, 0.25) is 5.91 Å². The van der Waals surface area contributed by atoms with Crippen LogP contribution in [-0.2, 0) is 4.79 Å². The van der Waals surface area contributed by atoms with Crippen molar-refractivity contribution >= 4 is 34.2 Å². The van der Waals surface area contributed by atoms with E-state index >= 15 is 0 Å². The molecule has 1 aromatic heterocycles. The zero-order valence-electron chi connectivity index (χ0n) is 8.46. The summed E-state index contributed by atoms with van der Waals surface area (Å²) in [6.07, 6.45) is 0. The Bertz CT molecular complexity index is 394. The number of carbonyl (C=O) groups excluding carboxylic acids is 1. The first-order valence-electron chi connectivity index (χ1n) is 4.83. The van der Waals surface area contributed by atoms with Crippen molar-refractivity contribution in [3.63, 3.8) is 0 Å². The van der Waals surface area contributed by atoms with Crippen molar-refractivity contribution in [3.8, 4) is 0 Å². The van der Waals surface area contributed by atoms with Crippen LogP contribution in [0.5, 0.6) is 0 Å². The summed E-state index contributed by atoms with van der Waals surface area (Å²) in [5, 5.41) is 3.05. The maximum absolute atomic E-state index is 11.7. The lowest BCUT2D eigenvalue weighted by Crippen LogP contribution is -2.48. The maximum Gasteiger partial charge on any atom is 0.241 e. The van der Waals surface area contributed by atoms with Crippen LogP contribution in [-0.4, -0.2) is 30.5 Å². The molecule has 0 unspecified atom stereocenters. The number of aromatic nitrogens is 1. The monoisotopic (exact) mass is 317 g/mol. The highest BCUT2D eigenvalue weighted by Crippen LogP contribution is 2.20. The Balaban J connectivity index is 2.31. The second-order valence-electron chi connectivity index (χ2n) is 3.46. The first-order valence-corrected chi connectivity index (χ1v) is 5.90. The van der Waals surface area contributed by atoms with Crippen molar-refractivity contribution in [1.29, 1.82) is 0 Å². The highest BCUT2D eigenvalue weighted by atomic mass is 127. The van der Waals surface area contributed by atoms with Crippen LogP contribution in [0.4, 0.5) is 5.69 Å². The minimum Gasteiger partial charge on any atom is -0.308 e. The van der Waals surface area contributed by atoms with Gasteiger partial charge in [-0.25, -0.2) is 4.98 Å². The molecule has 0 atom stereocenters. The summed E-state index contributed by atoms with van der Waals surface area (Å²) in [7, 11) is 0. The summed E-state index contributed by atoms with van der Waals surface area (Å²) in [4.78, 5) is 17.8. The molecule has 0 spiro atoms. The average Bonchev–Trinajstić information content (AvgIpc) is 2.20. The number of carbonyl (C=O) groups is 1. The van der Waals surface area contributed by atoms with Crippen molar-refractivity contribution in [2.45, 2.75) is 6.92 Å². The molecule has 15 heavy (non-hydrogen) atoms. The number of nitrogens with one attached hydrogen (secondary N) is 1. The van der Waals surface area contributed by atoms with E-state index in [9.17, 15) is 4.79 Å². The highest BCUT2D eigenvalue weighted by Gasteiger charge is 2.20. The van der Waals surface area contributed by atoms with Crippen molar-refractivity contribution in [1.82, 2.24) is 10.3 Å². The number of anilines is 1. The van der Waals surface area contributed by atoms with Gasteiger partial charge in [0.05, 0.1) is 17.9 Å². The van der Waals surface area contributed by atoms with E-state index in [-0.39, 0.29) is 5.91 Å². The third-order valence-corrected chi connectivity index (χ3v) is 3.00. The Kier molecular flexibility index (Phi) is 3.20. The molecule has 0 bridgehead atoms. The average molecular weight is 317 g/mol. The first kappa shape index (κ1) is 10.8. The molecule has 2 heterocycles. The molecule has 1 aliphatic heterocycles. The topological polar surface area (TPSA) is 45.2 Å². The number of pyridine rings is 1. The fourth-order valence-electron chi connectivity index (χ4n) is 1.67. The van der Waals surface area contributed by atoms with Gasteiger partial charge < -0.3 is 10.2 Å². The van der Waals surface area contributed by atoms with Crippen LogP contribution in [0.2, 0.25) is 0 Å². The van der Waals surface area contributed by atoms with Gasteiger partial charge in [-0.2, -0.15) is 0 Å². The number of piperazine rings is 1. The molecule has 1 aliphatic rings. The van der Waals surface area contributed by atoms with Gasteiger partial charge in [-0.1, -0.05) is 0 Å². The van der Waals surface area contributed by atoms with E-state index in [2.05, 4.69) is 32.9 Å². The highest BCUT2D eigenvalue weighted by molar-refractivity contribution is 14.1. The van der Waals surface area contributed by atoms with Crippen LogP contribution in [0.1, 0.15) is 5.69 Å². The SMILES string of the molecule is Cc1nc(I)ccc1N1CCNCC1=O. The van der Waals surface area contributed by atoms with Crippen LogP contribution in [0, 0.1) is 10.6 Å². The Morgan fingerprint density at radius 1 is 1.53 bits per heavy atom. The summed E-state index contributed by atoms with van der Waals surface area (Å²) >= 11 is 2.17. The Morgan fingerprint density at radius 2 is 2.33 bits per heavy atom. The lowest BCUT2D eigenvalue weighted by molar-refractivity contribution is -0.118. The molecule has 80 valence electrons. The lowest BCUT2D eigenvalue weighted by atomic mass is 10.2. The summed E-state index contributed by atoms with van der Waals surface area (Å²) in [5.74, 6) is 0.118. The van der Waals surface area contributed by atoms with E-state index < -0.39 is 0 Å². The number of aryl methyl sites for hydroxylation is 1. The zero-order chi connectivity index (χ0) is 10.8. The van der Waals surface area contributed by atoms with Gasteiger partial charge >= 0.3 is 0 Å². The van der Waals surface area contributed by atoms with Gasteiger partial charge in [0.1, 0.15) is 3.70 Å². The summed E-state index contributed by atoms with van der Waals surface area (Å²) < 4.78 is 0.955. The van der Waals surface area contributed by atoms with Crippen molar-refractivity contribution in [2.24, 2.45) is 0 Å². The number of rotatable bonds is 1. The second-order valence-corrected chi connectivity index (χ2v) is 4.57. The molecule has 1 fully saturated rings. The lowest BCUT2D eigenvalue weighted by Gasteiger charge is -2.28. The number of hydrogen-bond acceptors (Lipinski definition) is 3. The zero-order valence-corrected chi connectivity index (χ0v) is 10.6. The van der Waals surface area contributed by atoms with Gasteiger partial charge in [0.25, 0.3) is 0 Å². The van der Waals surface area contributed by atoms with Gasteiger partial charge in [-0.15, -0.1) is 0 Å². The molecule has 0 radical (unpaired) electrons. The van der Waals surface area contributed by atoms with E-state index in [1.54, 1.807) is 4.90 Å². The molecule has 0 aliphatic carbocycles. The number of halogens is 1. The molecule has 1 amide bonds. The Hall–Kier alpha value is -0.690. The summed E-state index contributed by atoms with van der Waals surface area (Å²) in [6.45, 7) is 3.93. The number of amides is 1. The molecule has 1 N–H and O–H groups in total. The van der Waals surface area contributed by atoms with E-state index in [0.29, 0.717) is 6.54 Å². The number of hydrogen-bond donors (Lipinski definition) is 1. The standard InChI is InChI=1S/C10H12IN3O/c1-7-8(2-3-9(11)13-7)14-5-4-12-6-10(14)15/h2-3,12H,4-6H2,1H3. The summed E-state index contributed by atoms with van der Waals surface area (Å²) in [5.41, 5.74) is 1.85. The molecule has 1 saturated heterocycles. The van der Waals surface area contributed by atoms with Crippen LogP contribution in [0.15, 0.2) is 12.1 Å². The fraction of sp³-hybridized carbons (Fsp3) is 0.400. The molecule has 0 aromatic carbocycles.